The summed E-state index contributed by atoms with van der Waals surface area (Å²) in [6.45, 7) is 0.607. The standard InChI is InChI=1S/C18H19ClN2O3/c1-24-18(23)15-4-2-3-5-16(15)21-12-17(22)20-11-10-13-6-8-14(19)9-7-13/h2-9,21H,10-12H2,1H3,(H,20,22). The van der Waals surface area contributed by atoms with Crippen molar-refractivity contribution in [1.82, 2.24) is 5.32 Å². The average molecular weight is 347 g/mol. The van der Waals surface area contributed by atoms with Gasteiger partial charge in [0, 0.05) is 17.3 Å². The summed E-state index contributed by atoms with van der Waals surface area (Å²) < 4.78 is 4.72. The van der Waals surface area contributed by atoms with Crippen LogP contribution in [0.5, 0.6) is 0 Å². The highest BCUT2D eigenvalue weighted by molar-refractivity contribution is 6.30. The van der Waals surface area contributed by atoms with Crippen molar-refractivity contribution in [3.05, 3.63) is 64.7 Å². The molecule has 0 saturated heterocycles. The van der Waals surface area contributed by atoms with E-state index in [1.807, 2.05) is 24.3 Å². The highest BCUT2D eigenvalue weighted by atomic mass is 35.5. The van der Waals surface area contributed by atoms with E-state index < -0.39 is 5.97 Å². The monoisotopic (exact) mass is 346 g/mol. The van der Waals surface area contributed by atoms with Crippen molar-refractivity contribution in [2.75, 3.05) is 25.5 Å². The third-order valence-electron chi connectivity index (χ3n) is 3.42. The molecule has 0 aliphatic carbocycles. The second kappa shape index (κ2) is 8.93. The van der Waals surface area contributed by atoms with E-state index in [1.54, 1.807) is 24.3 Å². The van der Waals surface area contributed by atoms with E-state index in [0.717, 1.165) is 12.0 Å². The van der Waals surface area contributed by atoms with Gasteiger partial charge in [0.15, 0.2) is 0 Å². The highest BCUT2D eigenvalue weighted by Gasteiger charge is 2.11. The number of carbonyl (C=O) groups excluding carboxylic acids is 2. The molecule has 0 aliphatic heterocycles. The van der Waals surface area contributed by atoms with Gasteiger partial charge in [-0.15, -0.1) is 0 Å². The largest absolute Gasteiger partial charge is 0.465 e. The quantitative estimate of drug-likeness (QED) is 0.756. The summed E-state index contributed by atoms with van der Waals surface area (Å²) in [7, 11) is 1.32. The molecule has 0 radical (unpaired) electrons. The molecule has 0 saturated carbocycles. The van der Waals surface area contributed by atoms with Gasteiger partial charge in [0.1, 0.15) is 0 Å². The number of hydrogen-bond donors (Lipinski definition) is 2. The van der Waals surface area contributed by atoms with Crippen molar-refractivity contribution < 1.29 is 14.3 Å². The zero-order valence-corrected chi connectivity index (χ0v) is 14.1. The smallest absolute Gasteiger partial charge is 0.339 e. The third-order valence-corrected chi connectivity index (χ3v) is 3.67. The van der Waals surface area contributed by atoms with Gasteiger partial charge in [0.05, 0.1) is 19.2 Å². The molecule has 0 spiro atoms. The first-order valence-corrected chi connectivity index (χ1v) is 7.90. The van der Waals surface area contributed by atoms with Crippen LogP contribution in [0.2, 0.25) is 5.02 Å². The van der Waals surface area contributed by atoms with Crippen LogP contribution in [-0.2, 0) is 16.0 Å². The van der Waals surface area contributed by atoms with Crippen LogP contribution in [0.25, 0.3) is 0 Å². The van der Waals surface area contributed by atoms with E-state index in [1.165, 1.54) is 7.11 Å². The number of esters is 1. The number of hydrogen-bond acceptors (Lipinski definition) is 4. The molecule has 1 amide bonds. The van der Waals surface area contributed by atoms with Crippen LogP contribution in [0.4, 0.5) is 5.69 Å². The van der Waals surface area contributed by atoms with Crippen LogP contribution in [0.1, 0.15) is 15.9 Å². The molecular weight excluding hydrogens is 328 g/mol. The summed E-state index contributed by atoms with van der Waals surface area (Å²) in [5.41, 5.74) is 2.06. The number of methoxy groups -OCH3 is 1. The first kappa shape index (κ1) is 17.8. The normalized spacial score (nSPS) is 10.1. The van der Waals surface area contributed by atoms with Gasteiger partial charge in [0.25, 0.3) is 0 Å². The molecule has 24 heavy (non-hydrogen) atoms. The lowest BCUT2D eigenvalue weighted by Crippen LogP contribution is -2.31. The molecule has 0 aromatic heterocycles. The first-order chi connectivity index (χ1) is 11.6. The number of rotatable bonds is 7. The molecule has 0 aliphatic rings. The van der Waals surface area contributed by atoms with Gasteiger partial charge < -0.3 is 15.4 Å². The fraction of sp³-hybridized carbons (Fsp3) is 0.222. The topological polar surface area (TPSA) is 67.4 Å². The Labute approximate surface area is 146 Å². The maximum absolute atomic E-state index is 11.9. The molecule has 2 aromatic carbocycles. The Kier molecular flexibility index (Phi) is 6.63. The van der Waals surface area contributed by atoms with Crippen LogP contribution in [-0.4, -0.2) is 32.1 Å². The maximum atomic E-state index is 11.9. The van der Waals surface area contributed by atoms with Crippen molar-refractivity contribution in [2.24, 2.45) is 0 Å². The first-order valence-electron chi connectivity index (χ1n) is 7.52. The summed E-state index contributed by atoms with van der Waals surface area (Å²) >= 11 is 5.83. The van der Waals surface area contributed by atoms with Crippen molar-refractivity contribution in [2.45, 2.75) is 6.42 Å². The minimum atomic E-state index is -0.443. The maximum Gasteiger partial charge on any atom is 0.339 e. The molecule has 0 bridgehead atoms. The molecule has 0 fully saturated rings. The van der Waals surface area contributed by atoms with Gasteiger partial charge in [-0.2, -0.15) is 0 Å². The number of amides is 1. The van der Waals surface area contributed by atoms with Crippen molar-refractivity contribution in [3.8, 4) is 0 Å². The summed E-state index contributed by atoms with van der Waals surface area (Å²) in [6.07, 6.45) is 0.724. The lowest BCUT2D eigenvalue weighted by atomic mass is 10.1. The Morgan fingerprint density at radius 1 is 1.08 bits per heavy atom. The Balaban J connectivity index is 1.79. The van der Waals surface area contributed by atoms with E-state index in [9.17, 15) is 9.59 Å². The molecule has 0 unspecified atom stereocenters. The molecule has 6 heteroatoms. The number of benzene rings is 2. The molecule has 126 valence electrons. The van der Waals surface area contributed by atoms with Crippen LogP contribution in [0.15, 0.2) is 48.5 Å². The number of ether oxygens (including phenoxy) is 1. The molecule has 0 heterocycles. The van der Waals surface area contributed by atoms with Crippen molar-refractivity contribution in [1.29, 1.82) is 0 Å². The minimum absolute atomic E-state index is 0.0780. The number of halogens is 1. The van der Waals surface area contributed by atoms with E-state index in [-0.39, 0.29) is 12.5 Å². The molecule has 2 N–H and O–H groups in total. The highest BCUT2D eigenvalue weighted by Crippen LogP contribution is 2.15. The van der Waals surface area contributed by atoms with Crippen LogP contribution in [0.3, 0.4) is 0 Å². The third kappa shape index (κ3) is 5.28. The Morgan fingerprint density at radius 2 is 1.79 bits per heavy atom. The molecule has 5 nitrogen and oxygen atoms in total. The lowest BCUT2D eigenvalue weighted by molar-refractivity contribution is -0.119. The number of anilines is 1. The van der Waals surface area contributed by atoms with Gasteiger partial charge in [-0.25, -0.2) is 4.79 Å². The number of para-hydroxylation sites is 1. The van der Waals surface area contributed by atoms with Crippen molar-refractivity contribution >= 4 is 29.2 Å². The summed E-state index contributed by atoms with van der Waals surface area (Å²) in [5.74, 6) is -0.593. The minimum Gasteiger partial charge on any atom is -0.465 e. The van der Waals surface area contributed by atoms with E-state index in [4.69, 9.17) is 16.3 Å². The average Bonchev–Trinajstić information content (AvgIpc) is 2.61. The fourth-order valence-corrected chi connectivity index (χ4v) is 2.29. The van der Waals surface area contributed by atoms with Gasteiger partial charge in [-0.05, 0) is 36.2 Å². The number of carbonyl (C=O) groups is 2. The Morgan fingerprint density at radius 3 is 2.50 bits per heavy atom. The second-order valence-corrected chi connectivity index (χ2v) is 5.55. The van der Waals surface area contributed by atoms with E-state index in [2.05, 4.69) is 10.6 Å². The van der Waals surface area contributed by atoms with Gasteiger partial charge >= 0.3 is 5.97 Å². The summed E-state index contributed by atoms with van der Waals surface area (Å²) in [6, 6.07) is 14.4. The fourth-order valence-electron chi connectivity index (χ4n) is 2.16. The lowest BCUT2D eigenvalue weighted by Gasteiger charge is -2.11. The van der Waals surface area contributed by atoms with E-state index >= 15 is 0 Å². The molecule has 2 aromatic rings. The zero-order valence-electron chi connectivity index (χ0n) is 13.3. The van der Waals surface area contributed by atoms with Gasteiger partial charge in [-0.1, -0.05) is 35.9 Å². The SMILES string of the molecule is COC(=O)c1ccccc1NCC(=O)NCCc1ccc(Cl)cc1. The second-order valence-electron chi connectivity index (χ2n) is 5.12. The molecular formula is C18H19ClN2O3. The van der Waals surface area contributed by atoms with Crippen LogP contribution < -0.4 is 10.6 Å². The Bertz CT molecular complexity index is 702. The van der Waals surface area contributed by atoms with E-state index in [0.29, 0.717) is 22.8 Å². The zero-order chi connectivity index (χ0) is 17.4. The van der Waals surface area contributed by atoms with Crippen molar-refractivity contribution in [3.63, 3.8) is 0 Å². The van der Waals surface area contributed by atoms with Gasteiger partial charge in [0.2, 0.25) is 5.91 Å². The van der Waals surface area contributed by atoms with Crippen LogP contribution >= 0.6 is 11.6 Å². The van der Waals surface area contributed by atoms with Crippen LogP contribution in [0, 0.1) is 0 Å². The Hall–Kier alpha value is -2.53. The predicted octanol–water partition coefficient (Wildman–Crippen LogP) is 2.90. The summed E-state index contributed by atoms with van der Waals surface area (Å²) in [5, 5.41) is 6.47. The van der Waals surface area contributed by atoms with Gasteiger partial charge in [-0.3, -0.25) is 4.79 Å². The molecule has 2 rings (SSSR count). The predicted molar refractivity (Wildman–Crippen MR) is 94.4 cm³/mol. The molecule has 0 atom stereocenters. The summed E-state index contributed by atoms with van der Waals surface area (Å²) in [4.78, 5) is 23.6. The number of nitrogens with one attached hydrogen (secondary N) is 2.